The lowest BCUT2D eigenvalue weighted by Crippen LogP contribution is -2.22. The minimum Gasteiger partial charge on any atom is -0.390 e. The van der Waals surface area contributed by atoms with Crippen molar-refractivity contribution in [1.29, 1.82) is 0 Å². The van der Waals surface area contributed by atoms with Crippen LogP contribution in [0.2, 0.25) is 5.02 Å². The molecular weight excluding hydrogens is 439 g/mol. The van der Waals surface area contributed by atoms with Gasteiger partial charge in [0.25, 0.3) is 0 Å². The van der Waals surface area contributed by atoms with E-state index >= 15 is 0 Å². The molecule has 3 aromatic rings. The van der Waals surface area contributed by atoms with Gasteiger partial charge >= 0.3 is 0 Å². The van der Waals surface area contributed by atoms with Crippen molar-refractivity contribution >= 4 is 29.3 Å². The van der Waals surface area contributed by atoms with Crippen LogP contribution in [0, 0.1) is 5.82 Å². The predicted molar refractivity (Wildman–Crippen MR) is 121 cm³/mol. The molecule has 6 nitrogen and oxygen atoms in total. The van der Waals surface area contributed by atoms with Gasteiger partial charge in [0.1, 0.15) is 5.82 Å². The first kappa shape index (κ1) is 22.1. The molecule has 1 unspecified atom stereocenters. The summed E-state index contributed by atoms with van der Waals surface area (Å²) < 4.78 is 21.1. The Morgan fingerprint density at radius 2 is 1.84 bits per heavy atom. The van der Waals surface area contributed by atoms with Crippen molar-refractivity contribution < 1.29 is 14.2 Å². The summed E-state index contributed by atoms with van der Waals surface area (Å²) in [4.78, 5) is 2.20. The third-order valence-electron chi connectivity index (χ3n) is 5.03. The van der Waals surface area contributed by atoms with Crippen LogP contribution in [0.25, 0.3) is 5.69 Å². The second-order valence-electron chi connectivity index (χ2n) is 7.33. The van der Waals surface area contributed by atoms with Crippen molar-refractivity contribution in [1.82, 2.24) is 14.8 Å². The van der Waals surface area contributed by atoms with Crippen molar-refractivity contribution in [3.05, 3.63) is 64.9 Å². The molecule has 0 saturated carbocycles. The zero-order valence-corrected chi connectivity index (χ0v) is 18.5. The molecule has 1 aliphatic rings. The highest BCUT2D eigenvalue weighted by atomic mass is 35.5. The molecule has 1 atom stereocenters. The topological polar surface area (TPSA) is 63.4 Å². The Kier molecular flexibility index (Phi) is 7.45. The van der Waals surface area contributed by atoms with Crippen LogP contribution in [0.15, 0.2) is 53.7 Å². The molecule has 9 heteroatoms. The van der Waals surface area contributed by atoms with Gasteiger partial charge in [-0.25, -0.2) is 4.39 Å². The molecule has 1 saturated heterocycles. The van der Waals surface area contributed by atoms with E-state index in [0.29, 0.717) is 21.5 Å². The second kappa shape index (κ2) is 10.5. The van der Waals surface area contributed by atoms with Crippen LogP contribution in [0.1, 0.15) is 18.4 Å². The zero-order valence-electron chi connectivity index (χ0n) is 17.0. The first-order valence-electron chi connectivity index (χ1n) is 10.2. The van der Waals surface area contributed by atoms with Gasteiger partial charge in [-0.1, -0.05) is 53.7 Å². The number of aromatic nitrogens is 3. The van der Waals surface area contributed by atoms with Crippen LogP contribution in [-0.2, 0) is 11.3 Å². The maximum absolute atomic E-state index is 13.7. The highest BCUT2D eigenvalue weighted by Crippen LogP contribution is 2.32. The number of aliphatic hydroxyl groups excluding tert-OH is 1. The van der Waals surface area contributed by atoms with E-state index in [1.807, 2.05) is 28.8 Å². The van der Waals surface area contributed by atoms with Gasteiger partial charge in [-0.15, -0.1) is 10.2 Å². The van der Waals surface area contributed by atoms with Gasteiger partial charge in [0.2, 0.25) is 5.95 Å². The Morgan fingerprint density at radius 3 is 2.61 bits per heavy atom. The summed E-state index contributed by atoms with van der Waals surface area (Å²) in [6.45, 7) is 2.07. The van der Waals surface area contributed by atoms with Gasteiger partial charge in [0, 0.05) is 24.4 Å². The summed E-state index contributed by atoms with van der Waals surface area (Å²) in [6, 6.07) is 14.0. The minimum absolute atomic E-state index is 0.0978. The monoisotopic (exact) mass is 462 g/mol. The summed E-state index contributed by atoms with van der Waals surface area (Å²) in [7, 11) is 0. The van der Waals surface area contributed by atoms with Crippen molar-refractivity contribution in [3.63, 3.8) is 0 Å². The van der Waals surface area contributed by atoms with Crippen LogP contribution in [-0.4, -0.2) is 51.4 Å². The van der Waals surface area contributed by atoms with E-state index in [9.17, 15) is 9.50 Å². The Labute approximate surface area is 190 Å². The minimum atomic E-state index is -0.733. The number of nitrogens with zero attached hydrogens (tertiary/aromatic N) is 4. The highest BCUT2D eigenvalue weighted by Gasteiger charge is 2.24. The summed E-state index contributed by atoms with van der Waals surface area (Å²) >= 11 is 7.85. The number of ether oxygens (including phenoxy) is 1. The molecule has 0 radical (unpaired) electrons. The number of benzene rings is 2. The third kappa shape index (κ3) is 5.38. The molecule has 2 heterocycles. The fourth-order valence-electron chi connectivity index (χ4n) is 3.46. The fourth-order valence-corrected chi connectivity index (χ4v) is 4.53. The molecule has 4 rings (SSSR count). The average Bonchev–Trinajstić information content (AvgIpc) is 3.44. The van der Waals surface area contributed by atoms with Crippen LogP contribution in [0.5, 0.6) is 0 Å². The summed E-state index contributed by atoms with van der Waals surface area (Å²) in [5.74, 6) is 0.812. The van der Waals surface area contributed by atoms with Gasteiger partial charge in [-0.2, -0.15) is 0 Å². The first-order valence-corrected chi connectivity index (χ1v) is 11.6. The molecule has 1 aromatic heterocycles. The molecule has 0 bridgehead atoms. The Bertz CT molecular complexity index is 1010. The first-order chi connectivity index (χ1) is 15.1. The Hall–Kier alpha value is -2.13. The van der Waals surface area contributed by atoms with Crippen LogP contribution in [0.4, 0.5) is 10.3 Å². The van der Waals surface area contributed by atoms with E-state index < -0.39 is 6.10 Å². The van der Waals surface area contributed by atoms with E-state index in [4.69, 9.17) is 16.3 Å². The normalized spacial score (nSPS) is 14.9. The van der Waals surface area contributed by atoms with Gasteiger partial charge < -0.3 is 14.7 Å². The number of rotatable bonds is 9. The number of hydrogen-bond acceptors (Lipinski definition) is 6. The molecule has 31 heavy (non-hydrogen) atoms. The van der Waals surface area contributed by atoms with Gasteiger partial charge in [-0.05, 0) is 31.0 Å². The van der Waals surface area contributed by atoms with E-state index in [0.717, 1.165) is 37.6 Å². The van der Waals surface area contributed by atoms with Gasteiger partial charge in [-0.3, -0.25) is 4.57 Å². The SMILES string of the molecule is OC(COCc1ccccc1F)CSc1nnc(N2CCCC2)n1-c1ccccc1Cl. The molecule has 1 fully saturated rings. The number of hydrogen-bond donors (Lipinski definition) is 1. The van der Waals surface area contributed by atoms with E-state index in [1.54, 1.807) is 18.2 Å². The lowest BCUT2D eigenvalue weighted by atomic mass is 10.2. The number of para-hydroxylation sites is 1. The fraction of sp³-hybridized carbons (Fsp3) is 0.364. The Balaban J connectivity index is 1.42. The predicted octanol–water partition coefficient (Wildman–Crippen LogP) is 4.33. The average molecular weight is 463 g/mol. The molecule has 0 amide bonds. The number of halogens is 2. The summed E-state index contributed by atoms with van der Waals surface area (Å²) in [5, 5.41) is 20.4. The van der Waals surface area contributed by atoms with Gasteiger partial charge in [0.05, 0.1) is 30.0 Å². The third-order valence-corrected chi connectivity index (χ3v) is 6.42. The van der Waals surface area contributed by atoms with E-state index in [1.165, 1.54) is 17.8 Å². The molecule has 2 aromatic carbocycles. The van der Waals surface area contributed by atoms with Crippen molar-refractivity contribution in [3.8, 4) is 5.69 Å². The molecule has 0 aliphatic carbocycles. The van der Waals surface area contributed by atoms with Crippen LogP contribution >= 0.6 is 23.4 Å². The molecular formula is C22H24ClFN4O2S. The smallest absolute Gasteiger partial charge is 0.232 e. The summed E-state index contributed by atoms with van der Waals surface area (Å²) in [5.41, 5.74) is 1.28. The van der Waals surface area contributed by atoms with Crippen molar-refractivity contribution in [2.75, 3.05) is 30.3 Å². The lowest BCUT2D eigenvalue weighted by molar-refractivity contribution is 0.0386. The van der Waals surface area contributed by atoms with Crippen molar-refractivity contribution in [2.45, 2.75) is 30.7 Å². The number of thioether (sulfide) groups is 1. The highest BCUT2D eigenvalue weighted by molar-refractivity contribution is 7.99. The quantitative estimate of drug-likeness (QED) is 0.477. The molecule has 164 valence electrons. The molecule has 1 N–H and O–H groups in total. The van der Waals surface area contributed by atoms with E-state index in [2.05, 4.69) is 15.1 Å². The lowest BCUT2D eigenvalue weighted by Gasteiger charge is -2.19. The maximum Gasteiger partial charge on any atom is 0.232 e. The van der Waals surface area contributed by atoms with Crippen LogP contribution in [0.3, 0.4) is 0 Å². The second-order valence-corrected chi connectivity index (χ2v) is 8.73. The summed E-state index contributed by atoms with van der Waals surface area (Å²) in [6.07, 6.45) is 1.51. The standard InChI is InChI=1S/C22H24ClFN4O2S/c23-18-8-2-4-10-20(18)28-21(27-11-5-6-12-27)25-26-22(28)31-15-17(29)14-30-13-16-7-1-3-9-19(16)24/h1-4,7-10,17,29H,5-6,11-15H2. The largest absolute Gasteiger partial charge is 0.390 e. The van der Waals surface area contributed by atoms with Crippen LogP contribution < -0.4 is 4.90 Å². The van der Waals surface area contributed by atoms with Gasteiger partial charge in [0.15, 0.2) is 5.16 Å². The number of anilines is 1. The molecule has 0 spiro atoms. The maximum atomic E-state index is 13.7. The van der Waals surface area contributed by atoms with E-state index in [-0.39, 0.29) is 19.0 Å². The Morgan fingerprint density at radius 1 is 1.10 bits per heavy atom. The zero-order chi connectivity index (χ0) is 21.6. The number of aliphatic hydroxyl groups is 1. The molecule has 1 aliphatic heterocycles. The van der Waals surface area contributed by atoms with Crippen molar-refractivity contribution in [2.24, 2.45) is 0 Å².